The Balaban J connectivity index is 1.33. The second-order valence-corrected chi connectivity index (χ2v) is 10.1. The topological polar surface area (TPSA) is 74.3 Å². The van der Waals surface area contributed by atoms with Gasteiger partial charge in [0, 0.05) is 46.7 Å². The predicted octanol–water partition coefficient (Wildman–Crippen LogP) is 4.12. The van der Waals surface area contributed by atoms with Crippen molar-refractivity contribution in [1.29, 1.82) is 0 Å². The molecule has 0 radical (unpaired) electrons. The van der Waals surface area contributed by atoms with Gasteiger partial charge in [0.05, 0.1) is 0 Å². The highest BCUT2D eigenvalue weighted by atomic mass is 32.2. The molecule has 0 spiro atoms. The Morgan fingerprint density at radius 2 is 2.07 bits per heavy atom. The van der Waals surface area contributed by atoms with Gasteiger partial charge < -0.3 is 10.6 Å². The van der Waals surface area contributed by atoms with Gasteiger partial charge in [-0.2, -0.15) is 0 Å². The van der Waals surface area contributed by atoms with E-state index >= 15 is 0 Å². The van der Waals surface area contributed by atoms with Crippen molar-refractivity contribution in [3.63, 3.8) is 0 Å². The number of carbonyl (C=O) groups excluding carboxylic acids is 2. The second kappa shape index (κ2) is 8.75. The van der Waals surface area contributed by atoms with Gasteiger partial charge >= 0.3 is 6.03 Å². The summed E-state index contributed by atoms with van der Waals surface area (Å²) in [6, 6.07) is 5.70. The van der Waals surface area contributed by atoms with E-state index < -0.39 is 0 Å². The van der Waals surface area contributed by atoms with Crippen molar-refractivity contribution in [2.24, 2.45) is 0 Å². The van der Waals surface area contributed by atoms with Crippen LogP contribution < -0.4 is 15.5 Å². The van der Waals surface area contributed by atoms with Gasteiger partial charge in [-0.3, -0.25) is 9.69 Å². The molecule has 154 valence electrons. The van der Waals surface area contributed by atoms with Crippen LogP contribution in [0.4, 0.5) is 10.5 Å². The lowest BCUT2D eigenvalue weighted by atomic mass is 9.94. The first-order chi connectivity index (χ1) is 14.0. The molecule has 2 heterocycles. The van der Waals surface area contributed by atoms with E-state index in [9.17, 15) is 9.59 Å². The van der Waals surface area contributed by atoms with E-state index in [2.05, 4.69) is 21.0 Å². The summed E-state index contributed by atoms with van der Waals surface area (Å²) in [6.45, 7) is 5.26. The van der Waals surface area contributed by atoms with E-state index in [4.69, 9.17) is 0 Å². The largest absolute Gasteiger partial charge is 0.349 e. The minimum Gasteiger partial charge on any atom is -0.349 e. The van der Waals surface area contributed by atoms with Crippen LogP contribution in [-0.4, -0.2) is 41.3 Å². The number of rotatable bonds is 5. The lowest BCUT2D eigenvalue weighted by molar-refractivity contribution is 0.0928. The maximum atomic E-state index is 12.8. The third kappa shape index (κ3) is 4.75. The molecule has 1 aliphatic heterocycles. The zero-order valence-electron chi connectivity index (χ0n) is 16.7. The fraction of sp³-hybridized carbons (Fsp3) is 0.476. The summed E-state index contributed by atoms with van der Waals surface area (Å²) in [4.78, 5) is 31.0. The van der Waals surface area contributed by atoms with Crippen molar-refractivity contribution in [1.82, 2.24) is 15.6 Å². The van der Waals surface area contributed by atoms with E-state index in [-0.39, 0.29) is 18.0 Å². The van der Waals surface area contributed by atoms with Crippen molar-refractivity contribution >= 4 is 40.7 Å². The van der Waals surface area contributed by atoms with Gasteiger partial charge in [-0.15, -0.1) is 11.3 Å². The minimum atomic E-state index is -0.100. The molecular formula is C21H26N4O2S2. The number of hydrogen-bond acceptors (Lipinski definition) is 5. The SMILES string of the molecule is Cc1csc(SC2CCC(NC(=O)c3ccc(C)c(N4CCNC4=O)c3)CC2)n1. The maximum Gasteiger partial charge on any atom is 0.322 e. The molecule has 0 bridgehead atoms. The first-order valence-corrected chi connectivity index (χ1v) is 11.8. The molecule has 1 aliphatic carbocycles. The minimum absolute atomic E-state index is 0.0579. The average molecular weight is 431 g/mol. The number of thiazole rings is 1. The van der Waals surface area contributed by atoms with Gasteiger partial charge in [-0.25, -0.2) is 9.78 Å². The van der Waals surface area contributed by atoms with Gasteiger partial charge in [0.25, 0.3) is 5.91 Å². The van der Waals surface area contributed by atoms with Crippen molar-refractivity contribution in [2.45, 2.75) is 55.2 Å². The summed E-state index contributed by atoms with van der Waals surface area (Å²) in [6.07, 6.45) is 4.14. The van der Waals surface area contributed by atoms with Crippen LogP contribution in [0.15, 0.2) is 27.9 Å². The number of hydrogen-bond donors (Lipinski definition) is 2. The molecule has 6 nitrogen and oxygen atoms in total. The standard InChI is InChI=1S/C21H26N4O2S2/c1-13-3-4-15(11-18(13)25-10-9-22-20(25)27)19(26)24-16-5-7-17(8-6-16)29-21-23-14(2)12-28-21/h3-4,11-12,16-17H,5-10H2,1-2H3,(H,22,27)(H,24,26). The average Bonchev–Trinajstić information content (AvgIpc) is 3.31. The van der Waals surface area contributed by atoms with E-state index in [0.717, 1.165) is 47.0 Å². The predicted molar refractivity (Wildman–Crippen MR) is 118 cm³/mol. The van der Waals surface area contributed by atoms with E-state index in [1.165, 1.54) is 0 Å². The summed E-state index contributed by atoms with van der Waals surface area (Å²) in [5, 5.41) is 8.68. The van der Waals surface area contributed by atoms with Crippen LogP contribution in [0.3, 0.4) is 0 Å². The zero-order valence-corrected chi connectivity index (χ0v) is 18.4. The number of aromatic nitrogens is 1. The van der Waals surface area contributed by atoms with Gasteiger partial charge in [0.1, 0.15) is 4.34 Å². The number of amides is 3. The fourth-order valence-corrected chi connectivity index (χ4v) is 6.15. The number of carbonyl (C=O) groups is 2. The molecule has 1 saturated carbocycles. The van der Waals surface area contributed by atoms with Gasteiger partial charge in [-0.05, 0) is 57.2 Å². The summed E-state index contributed by atoms with van der Waals surface area (Å²) in [5.74, 6) is -0.0579. The van der Waals surface area contributed by atoms with Crippen LogP contribution in [0, 0.1) is 13.8 Å². The molecule has 4 rings (SSSR count). The van der Waals surface area contributed by atoms with Crippen LogP contribution in [0.2, 0.25) is 0 Å². The van der Waals surface area contributed by atoms with Crippen LogP contribution in [0.25, 0.3) is 0 Å². The number of nitrogens with zero attached hydrogens (tertiary/aromatic N) is 2. The van der Waals surface area contributed by atoms with Crippen molar-refractivity contribution in [3.05, 3.63) is 40.4 Å². The molecule has 0 unspecified atom stereocenters. The van der Waals surface area contributed by atoms with E-state index in [1.807, 2.05) is 43.8 Å². The monoisotopic (exact) mass is 430 g/mol. The van der Waals surface area contributed by atoms with Crippen molar-refractivity contribution < 1.29 is 9.59 Å². The van der Waals surface area contributed by atoms with Gasteiger partial charge in [0.2, 0.25) is 0 Å². The molecule has 0 atom stereocenters. The molecule has 2 N–H and O–H groups in total. The maximum absolute atomic E-state index is 12.8. The third-order valence-corrected chi connectivity index (χ3v) is 7.92. The number of aryl methyl sites for hydroxylation is 2. The van der Waals surface area contributed by atoms with E-state index in [0.29, 0.717) is 23.9 Å². The Morgan fingerprint density at radius 3 is 2.72 bits per heavy atom. The highest BCUT2D eigenvalue weighted by Gasteiger charge is 2.26. The fourth-order valence-electron chi connectivity index (χ4n) is 3.87. The number of anilines is 1. The molecule has 2 fully saturated rings. The Bertz CT molecular complexity index is 906. The summed E-state index contributed by atoms with van der Waals surface area (Å²) < 4.78 is 1.15. The van der Waals surface area contributed by atoms with Crippen molar-refractivity contribution in [2.75, 3.05) is 18.0 Å². The summed E-state index contributed by atoms with van der Waals surface area (Å²) in [7, 11) is 0. The molecule has 2 aliphatic rings. The number of benzene rings is 1. The van der Waals surface area contributed by atoms with Crippen LogP contribution in [0.1, 0.15) is 47.3 Å². The highest BCUT2D eigenvalue weighted by molar-refractivity contribution is 8.01. The Morgan fingerprint density at radius 1 is 1.28 bits per heavy atom. The van der Waals surface area contributed by atoms with E-state index in [1.54, 1.807) is 16.2 Å². The quantitative estimate of drug-likeness (QED) is 0.748. The molecule has 8 heteroatoms. The van der Waals surface area contributed by atoms with Gasteiger partial charge in [0.15, 0.2) is 0 Å². The van der Waals surface area contributed by atoms with Crippen LogP contribution in [-0.2, 0) is 0 Å². The lowest BCUT2D eigenvalue weighted by Crippen LogP contribution is -2.38. The molecule has 1 aromatic heterocycles. The molecular weight excluding hydrogens is 404 g/mol. The molecule has 1 saturated heterocycles. The Kier molecular flexibility index (Phi) is 6.10. The third-order valence-electron chi connectivity index (χ3n) is 5.49. The van der Waals surface area contributed by atoms with Crippen LogP contribution >= 0.6 is 23.1 Å². The van der Waals surface area contributed by atoms with Crippen LogP contribution in [0.5, 0.6) is 0 Å². The Hall–Kier alpha value is -2.06. The Labute approximate surface area is 179 Å². The molecule has 29 heavy (non-hydrogen) atoms. The summed E-state index contributed by atoms with van der Waals surface area (Å²) >= 11 is 3.59. The number of thioether (sulfide) groups is 1. The van der Waals surface area contributed by atoms with Gasteiger partial charge in [-0.1, -0.05) is 17.8 Å². The first kappa shape index (κ1) is 20.2. The first-order valence-electron chi connectivity index (χ1n) is 10.1. The molecule has 2 aromatic rings. The zero-order chi connectivity index (χ0) is 20.4. The second-order valence-electron chi connectivity index (χ2n) is 7.70. The lowest BCUT2D eigenvalue weighted by Gasteiger charge is -2.28. The normalized spacial score (nSPS) is 21.9. The smallest absolute Gasteiger partial charge is 0.322 e. The van der Waals surface area contributed by atoms with Crippen molar-refractivity contribution in [3.8, 4) is 0 Å². The molecule has 3 amide bonds. The number of urea groups is 1. The molecule has 1 aromatic carbocycles. The summed E-state index contributed by atoms with van der Waals surface area (Å²) in [5.41, 5.74) is 3.50. The number of nitrogens with one attached hydrogen (secondary N) is 2. The highest BCUT2D eigenvalue weighted by Crippen LogP contribution is 2.35.